The van der Waals surface area contributed by atoms with Crippen molar-refractivity contribution in [2.75, 3.05) is 0 Å². The van der Waals surface area contributed by atoms with E-state index in [1.165, 1.54) is 0 Å². The lowest BCUT2D eigenvalue weighted by Crippen LogP contribution is -2.07. The third-order valence-electron chi connectivity index (χ3n) is 3.73. The quantitative estimate of drug-likeness (QED) is 0.580. The molecule has 0 radical (unpaired) electrons. The van der Waals surface area contributed by atoms with Crippen LogP contribution >= 0.6 is 0 Å². The zero-order chi connectivity index (χ0) is 14.8. The average molecular weight is 289 g/mol. The van der Waals surface area contributed by atoms with Gasteiger partial charge in [0.2, 0.25) is 0 Å². The van der Waals surface area contributed by atoms with Crippen molar-refractivity contribution < 1.29 is 0 Å². The number of aryl methyl sites for hydroxylation is 2. The number of benzene rings is 1. The second-order valence-electron chi connectivity index (χ2n) is 5.13. The van der Waals surface area contributed by atoms with Crippen molar-refractivity contribution in [2.24, 2.45) is 0 Å². The van der Waals surface area contributed by atoms with E-state index in [0.29, 0.717) is 0 Å². The highest BCUT2D eigenvalue weighted by Crippen LogP contribution is 2.26. The molecule has 0 atom stereocenters. The molecule has 4 rings (SSSR count). The first-order valence-corrected chi connectivity index (χ1v) is 7.23. The first kappa shape index (κ1) is 12.8. The molecule has 5 nitrogen and oxygen atoms in total. The Balaban J connectivity index is 1.76. The Morgan fingerprint density at radius 2 is 1.82 bits per heavy atom. The molecule has 0 aliphatic heterocycles. The van der Waals surface area contributed by atoms with E-state index in [2.05, 4.69) is 26.7 Å². The number of nitrogens with zero attached hydrogens (tertiary/aromatic N) is 5. The number of imidazole rings is 1. The van der Waals surface area contributed by atoms with Gasteiger partial charge in [-0.2, -0.15) is 5.10 Å². The first-order valence-electron chi connectivity index (χ1n) is 7.23. The summed E-state index contributed by atoms with van der Waals surface area (Å²) in [6, 6.07) is 12.2. The zero-order valence-corrected chi connectivity index (χ0v) is 12.0. The third-order valence-corrected chi connectivity index (χ3v) is 3.73. The molecule has 5 heteroatoms. The largest absolute Gasteiger partial charge is 0.336 e. The molecule has 22 heavy (non-hydrogen) atoms. The van der Waals surface area contributed by atoms with Gasteiger partial charge in [0.1, 0.15) is 5.69 Å². The van der Waals surface area contributed by atoms with Gasteiger partial charge in [-0.05, 0) is 6.07 Å². The highest BCUT2D eigenvalue weighted by atomic mass is 15.3. The van der Waals surface area contributed by atoms with E-state index in [-0.39, 0.29) is 0 Å². The number of hydrogen-bond acceptors (Lipinski definition) is 3. The molecule has 0 spiro atoms. The van der Waals surface area contributed by atoms with Crippen molar-refractivity contribution >= 4 is 10.9 Å². The highest BCUT2D eigenvalue weighted by molar-refractivity contribution is 5.92. The summed E-state index contributed by atoms with van der Waals surface area (Å²) >= 11 is 0. The Morgan fingerprint density at radius 1 is 0.909 bits per heavy atom. The standard InChI is InChI=1S/C17H15N5/c1-2-4-14(5-3-1)17-15-12-18-7-6-16(15)22(20-17)11-10-21-9-8-19-13-21/h1-9,12-13H,10-11H2. The van der Waals surface area contributed by atoms with E-state index in [4.69, 9.17) is 5.10 Å². The molecule has 0 saturated heterocycles. The van der Waals surface area contributed by atoms with Gasteiger partial charge in [-0.25, -0.2) is 4.98 Å². The predicted octanol–water partition coefficient (Wildman–Crippen LogP) is 3.00. The van der Waals surface area contributed by atoms with Crippen LogP contribution in [-0.2, 0) is 13.1 Å². The molecule has 0 aliphatic carbocycles. The summed E-state index contributed by atoms with van der Waals surface area (Å²) in [7, 11) is 0. The maximum atomic E-state index is 4.80. The molecule has 0 N–H and O–H groups in total. The first-order chi connectivity index (χ1) is 10.9. The van der Waals surface area contributed by atoms with Crippen LogP contribution in [0, 0.1) is 0 Å². The van der Waals surface area contributed by atoms with Gasteiger partial charge in [0.05, 0.1) is 18.4 Å². The molecular formula is C17H15N5. The molecule has 0 unspecified atom stereocenters. The predicted molar refractivity (Wildman–Crippen MR) is 85.2 cm³/mol. The summed E-state index contributed by atoms with van der Waals surface area (Å²) in [4.78, 5) is 8.33. The lowest BCUT2D eigenvalue weighted by Gasteiger charge is -2.04. The average Bonchev–Trinajstić information content (AvgIpc) is 3.22. The smallest absolute Gasteiger partial charge is 0.102 e. The fraction of sp³-hybridized carbons (Fsp3) is 0.118. The van der Waals surface area contributed by atoms with Gasteiger partial charge in [-0.1, -0.05) is 30.3 Å². The van der Waals surface area contributed by atoms with E-state index in [1.807, 2.05) is 53.9 Å². The lowest BCUT2D eigenvalue weighted by atomic mass is 10.1. The fourth-order valence-electron chi connectivity index (χ4n) is 2.63. The van der Waals surface area contributed by atoms with Crippen LogP contribution in [0.3, 0.4) is 0 Å². The number of pyridine rings is 1. The minimum Gasteiger partial charge on any atom is -0.336 e. The molecule has 108 valence electrons. The summed E-state index contributed by atoms with van der Waals surface area (Å²) < 4.78 is 4.09. The van der Waals surface area contributed by atoms with Crippen molar-refractivity contribution in [3.05, 3.63) is 67.5 Å². The molecule has 4 aromatic rings. The molecule has 0 aliphatic rings. The summed E-state index contributed by atoms with van der Waals surface area (Å²) in [6.45, 7) is 1.64. The number of aromatic nitrogens is 5. The minimum absolute atomic E-state index is 0.795. The van der Waals surface area contributed by atoms with Gasteiger partial charge in [-0.15, -0.1) is 0 Å². The lowest BCUT2D eigenvalue weighted by molar-refractivity contribution is 0.547. The van der Waals surface area contributed by atoms with E-state index in [1.54, 1.807) is 6.20 Å². The molecular weight excluding hydrogens is 274 g/mol. The Kier molecular flexibility index (Phi) is 3.16. The van der Waals surface area contributed by atoms with Crippen LogP contribution in [0.25, 0.3) is 22.2 Å². The van der Waals surface area contributed by atoms with Crippen LogP contribution in [0.5, 0.6) is 0 Å². The zero-order valence-electron chi connectivity index (χ0n) is 12.0. The van der Waals surface area contributed by atoms with Crippen LogP contribution in [0.1, 0.15) is 0 Å². The monoisotopic (exact) mass is 289 g/mol. The van der Waals surface area contributed by atoms with Crippen LogP contribution < -0.4 is 0 Å². The number of fused-ring (bicyclic) bond motifs is 1. The molecule has 0 amide bonds. The van der Waals surface area contributed by atoms with Crippen LogP contribution in [0.15, 0.2) is 67.5 Å². The van der Waals surface area contributed by atoms with Gasteiger partial charge in [0, 0.05) is 42.3 Å². The fourth-order valence-corrected chi connectivity index (χ4v) is 2.63. The molecule has 0 fully saturated rings. The SMILES string of the molecule is c1ccc(-c2nn(CCn3ccnc3)c3ccncc23)cc1. The van der Waals surface area contributed by atoms with E-state index < -0.39 is 0 Å². The van der Waals surface area contributed by atoms with Gasteiger partial charge in [0.15, 0.2) is 0 Å². The van der Waals surface area contributed by atoms with E-state index >= 15 is 0 Å². The molecule has 0 saturated carbocycles. The van der Waals surface area contributed by atoms with Gasteiger partial charge in [-0.3, -0.25) is 9.67 Å². The van der Waals surface area contributed by atoms with Gasteiger partial charge < -0.3 is 4.57 Å². The van der Waals surface area contributed by atoms with Gasteiger partial charge >= 0.3 is 0 Å². The Labute approximate surface area is 127 Å². The number of rotatable bonds is 4. The van der Waals surface area contributed by atoms with E-state index in [9.17, 15) is 0 Å². The second kappa shape index (κ2) is 5.44. The van der Waals surface area contributed by atoms with Crippen molar-refractivity contribution in [2.45, 2.75) is 13.1 Å². The molecule has 3 heterocycles. The number of hydrogen-bond donors (Lipinski definition) is 0. The molecule has 0 bridgehead atoms. The van der Waals surface area contributed by atoms with Crippen LogP contribution in [-0.4, -0.2) is 24.3 Å². The highest BCUT2D eigenvalue weighted by Gasteiger charge is 2.11. The van der Waals surface area contributed by atoms with Crippen molar-refractivity contribution in [3.8, 4) is 11.3 Å². The van der Waals surface area contributed by atoms with E-state index in [0.717, 1.165) is 35.2 Å². The molecule has 1 aromatic carbocycles. The maximum absolute atomic E-state index is 4.80. The summed E-state index contributed by atoms with van der Waals surface area (Å²) in [5, 5.41) is 5.88. The van der Waals surface area contributed by atoms with Gasteiger partial charge in [0.25, 0.3) is 0 Å². The Hall–Kier alpha value is -2.95. The minimum atomic E-state index is 0.795. The second-order valence-corrected chi connectivity index (χ2v) is 5.13. The Morgan fingerprint density at radius 3 is 2.64 bits per heavy atom. The van der Waals surface area contributed by atoms with Crippen molar-refractivity contribution in [1.29, 1.82) is 0 Å². The summed E-state index contributed by atoms with van der Waals surface area (Å²) in [5.41, 5.74) is 3.20. The molecule has 3 aromatic heterocycles. The van der Waals surface area contributed by atoms with Crippen LogP contribution in [0.4, 0.5) is 0 Å². The topological polar surface area (TPSA) is 48.5 Å². The third kappa shape index (κ3) is 2.26. The van der Waals surface area contributed by atoms with Crippen molar-refractivity contribution in [1.82, 2.24) is 24.3 Å². The van der Waals surface area contributed by atoms with Crippen LogP contribution in [0.2, 0.25) is 0 Å². The van der Waals surface area contributed by atoms with Crippen molar-refractivity contribution in [3.63, 3.8) is 0 Å². The summed E-state index contributed by atoms with van der Waals surface area (Å²) in [5.74, 6) is 0. The normalized spacial score (nSPS) is 11.1. The maximum Gasteiger partial charge on any atom is 0.102 e. The summed E-state index contributed by atoms with van der Waals surface area (Å²) in [6.07, 6.45) is 9.28. The Bertz CT molecular complexity index is 878.